The first-order chi connectivity index (χ1) is 12.5. The van der Waals surface area contributed by atoms with E-state index in [9.17, 15) is 14.4 Å². The minimum Gasteiger partial charge on any atom is -0.368 e. The average molecular weight is 354 g/mol. The summed E-state index contributed by atoms with van der Waals surface area (Å²) in [5.74, 6) is -0.629. The van der Waals surface area contributed by atoms with Crippen LogP contribution < -0.4 is 5.73 Å². The van der Waals surface area contributed by atoms with Gasteiger partial charge in [-0.3, -0.25) is 19.3 Å². The van der Waals surface area contributed by atoms with Crippen molar-refractivity contribution in [1.29, 1.82) is 0 Å². The van der Waals surface area contributed by atoms with Crippen molar-refractivity contribution in [3.63, 3.8) is 0 Å². The van der Waals surface area contributed by atoms with E-state index in [1.807, 2.05) is 35.2 Å². The fourth-order valence-corrected chi connectivity index (χ4v) is 3.26. The van der Waals surface area contributed by atoms with Gasteiger partial charge in [0.1, 0.15) is 11.7 Å². The summed E-state index contributed by atoms with van der Waals surface area (Å²) in [6.45, 7) is 3.54. The lowest BCUT2D eigenvalue weighted by atomic mass is 10.0. The van der Waals surface area contributed by atoms with Crippen LogP contribution in [0.4, 0.5) is 0 Å². The summed E-state index contributed by atoms with van der Waals surface area (Å²) >= 11 is 0. The van der Waals surface area contributed by atoms with E-state index in [4.69, 9.17) is 5.73 Å². The molecule has 0 saturated carbocycles. The third-order valence-corrected chi connectivity index (χ3v) is 4.67. The Bertz CT molecular complexity index is 807. The smallest absolute Gasteiger partial charge is 0.270 e. The van der Waals surface area contributed by atoms with Crippen LogP contribution in [-0.2, 0) is 4.79 Å². The van der Waals surface area contributed by atoms with Crippen molar-refractivity contribution in [3.05, 3.63) is 59.4 Å². The SMILES string of the molecule is CC(=O)c1c[nH]c(C(=O)N2CCN([C@H](C(N)=O)c3ccccc3)CC2)c1. The topological polar surface area (TPSA) is 99.5 Å². The Kier molecular flexibility index (Phi) is 5.18. The molecule has 1 aliphatic heterocycles. The van der Waals surface area contributed by atoms with E-state index in [1.165, 1.54) is 6.92 Å². The minimum atomic E-state index is -0.497. The fourth-order valence-electron chi connectivity index (χ4n) is 3.26. The number of primary amides is 1. The molecule has 2 amide bonds. The Morgan fingerprint density at radius 2 is 1.73 bits per heavy atom. The van der Waals surface area contributed by atoms with Gasteiger partial charge >= 0.3 is 0 Å². The second-order valence-electron chi connectivity index (χ2n) is 6.40. The normalized spacial score (nSPS) is 16.3. The van der Waals surface area contributed by atoms with Gasteiger partial charge in [0.2, 0.25) is 5.91 Å². The number of nitrogens with two attached hydrogens (primary N) is 1. The molecule has 26 heavy (non-hydrogen) atoms. The molecule has 2 aromatic rings. The van der Waals surface area contributed by atoms with Crippen LogP contribution in [-0.4, -0.2) is 58.6 Å². The molecule has 1 saturated heterocycles. The Morgan fingerprint density at radius 1 is 1.08 bits per heavy atom. The zero-order chi connectivity index (χ0) is 18.7. The van der Waals surface area contributed by atoms with E-state index < -0.39 is 11.9 Å². The molecule has 1 aliphatic rings. The first-order valence-corrected chi connectivity index (χ1v) is 8.54. The van der Waals surface area contributed by atoms with Gasteiger partial charge in [-0.15, -0.1) is 0 Å². The van der Waals surface area contributed by atoms with Gasteiger partial charge in [0.25, 0.3) is 5.91 Å². The van der Waals surface area contributed by atoms with Gasteiger partial charge in [0.15, 0.2) is 5.78 Å². The summed E-state index contributed by atoms with van der Waals surface area (Å²) in [6, 6.07) is 10.5. The highest BCUT2D eigenvalue weighted by Crippen LogP contribution is 2.22. The van der Waals surface area contributed by atoms with E-state index >= 15 is 0 Å². The number of carbonyl (C=O) groups is 3. The molecule has 0 radical (unpaired) electrons. The minimum absolute atomic E-state index is 0.0859. The van der Waals surface area contributed by atoms with Crippen LogP contribution in [0.1, 0.15) is 39.4 Å². The highest BCUT2D eigenvalue weighted by Gasteiger charge is 2.30. The molecule has 2 heterocycles. The Morgan fingerprint density at radius 3 is 2.27 bits per heavy atom. The molecule has 3 rings (SSSR count). The molecular formula is C19H22N4O3. The summed E-state index contributed by atoms with van der Waals surface area (Å²) in [5.41, 5.74) is 7.37. The Balaban J connectivity index is 1.67. The number of benzene rings is 1. The molecule has 7 nitrogen and oxygen atoms in total. The monoisotopic (exact) mass is 354 g/mol. The van der Waals surface area contributed by atoms with Crippen LogP contribution in [0.5, 0.6) is 0 Å². The van der Waals surface area contributed by atoms with Crippen LogP contribution in [0.15, 0.2) is 42.6 Å². The number of ketones is 1. The van der Waals surface area contributed by atoms with E-state index in [-0.39, 0.29) is 11.7 Å². The summed E-state index contributed by atoms with van der Waals surface area (Å²) in [4.78, 5) is 42.5. The lowest BCUT2D eigenvalue weighted by Crippen LogP contribution is -2.51. The standard InChI is InChI=1S/C19H22N4O3/c1-13(24)15-11-16(21-12-15)19(26)23-9-7-22(8-10-23)17(18(20)25)14-5-3-2-4-6-14/h2-6,11-12,17,21H,7-10H2,1H3,(H2,20,25)/t17-/m0/s1. The predicted molar refractivity (Wildman–Crippen MR) is 96.7 cm³/mol. The van der Waals surface area contributed by atoms with Crippen molar-refractivity contribution in [2.45, 2.75) is 13.0 Å². The van der Waals surface area contributed by atoms with Crippen molar-refractivity contribution in [2.75, 3.05) is 26.2 Å². The van der Waals surface area contributed by atoms with Gasteiger partial charge in [0, 0.05) is 37.9 Å². The van der Waals surface area contributed by atoms with Gasteiger partial charge in [-0.05, 0) is 18.6 Å². The zero-order valence-electron chi connectivity index (χ0n) is 14.6. The van der Waals surface area contributed by atoms with Crippen LogP contribution in [0.3, 0.4) is 0 Å². The summed E-state index contributed by atoms with van der Waals surface area (Å²) < 4.78 is 0. The number of hydrogen-bond acceptors (Lipinski definition) is 4. The Hall–Kier alpha value is -2.93. The first-order valence-electron chi connectivity index (χ1n) is 8.54. The number of nitrogens with one attached hydrogen (secondary N) is 1. The lowest BCUT2D eigenvalue weighted by molar-refractivity contribution is -0.124. The summed E-state index contributed by atoms with van der Waals surface area (Å²) in [5, 5.41) is 0. The number of hydrogen-bond donors (Lipinski definition) is 2. The van der Waals surface area contributed by atoms with Crippen LogP contribution in [0.2, 0.25) is 0 Å². The Labute approximate surface area is 151 Å². The first kappa shape index (κ1) is 17.9. The van der Waals surface area contributed by atoms with Gasteiger partial charge in [-0.1, -0.05) is 30.3 Å². The maximum atomic E-state index is 12.6. The molecule has 3 N–H and O–H groups in total. The second kappa shape index (κ2) is 7.53. The van der Waals surface area contributed by atoms with Crippen molar-refractivity contribution in [3.8, 4) is 0 Å². The second-order valence-corrected chi connectivity index (χ2v) is 6.40. The summed E-state index contributed by atoms with van der Waals surface area (Å²) in [7, 11) is 0. The van der Waals surface area contributed by atoms with Gasteiger partial charge < -0.3 is 15.6 Å². The maximum Gasteiger partial charge on any atom is 0.270 e. The molecule has 1 atom stereocenters. The molecule has 1 aromatic heterocycles. The number of Topliss-reactive ketones (excluding diaryl/α,β-unsaturated/α-hetero) is 1. The molecule has 7 heteroatoms. The van der Waals surface area contributed by atoms with Crippen molar-refractivity contribution in [2.24, 2.45) is 5.73 Å². The molecule has 0 bridgehead atoms. The number of H-pyrrole nitrogens is 1. The third-order valence-electron chi connectivity index (χ3n) is 4.67. The quantitative estimate of drug-likeness (QED) is 0.788. The van der Waals surface area contributed by atoms with E-state index in [0.29, 0.717) is 37.4 Å². The van der Waals surface area contributed by atoms with Gasteiger partial charge in [-0.25, -0.2) is 0 Å². The molecule has 136 valence electrons. The molecule has 0 aliphatic carbocycles. The molecule has 1 aromatic carbocycles. The number of aromatic amines is 1. The highest BCUT2D eigenvalue weighted by molar-refractivity contribution is 5.99. The number of aromatic nitrogens is 1. The average Bonchev–Trinajstić information content (AvgIpc) is 3.13. The number of amides is 2. The fraction of sp³-hybridized carbons (Fsp3) is 0.316. The molecule has 0 spiro atoms. The highest BCUT2D eigenvalue weighted by atomic mass is 16.2. The van der Waals surface area contributed by atoms with E-state index in [2.05, 4.69) is 4.98 Å². The number of rotatable bonds is 5. The van der Waals surface area contributed by atoms with Crippen molar-refractivity contribution < 1.29 is 14.4 Å². The van der Waals surface area contributed by atoms with Crippen LogP contribution >= 0.6 is 0 Å². The van der Waals surface area contributed by atoms with Gasteiger partial charge in [0.05, 0.1) is 0 Å². The number of nitrogens with zero attached hydrogens (tertiary/aromatic N) is 2. The van der Waals surface area contributed by atoms with Crippen LogP contribution in [0, 0.1) is 0 Å². The number of carbonyl (C=O) groups excluding carboxylic acids is 3. The van der Waals surface area contributed by atoms with E-state index in [0.717, 1.165) is 5.56 Å². The van der Waals surface area contributed by atoms with Crippen molar-refractivity contribution >= 4 is 17.6 Å². The largest absolute Gasteiger partial charge is 0.368 e. The summed E-state index contributed by atoms with van der Waals surface area (Å²) in [6.07, 6.45) is 1.55. The maximum absolute atomic E-state index is 12.6. The number of piperazine rings is 1. The predicted octanol–water partition coefficient (Wildman–Crippen LogP) is 1.20. The molecule has 0 unspecified atom stereocenters. The lowest BCUT2D eigenvalue weighted by Gasteiger charge is -2.38. The van der Waals surface area contributed by atoms with E-state index in [1.54, 1.807) is 17.2 Å². The third kappa shape index (κ3) is 3.67. The molecule has 1 fully saturated rings. The van der Waals surface area contributed by atoms with Gasteiger partial charge in [-0.2, -0.15) is 0 Å². The molecular weight excluding hydrogens is 332 g/mol. The van der Waals surface area contributed by atoms with Crippen LogP contribution in [0.25, 0.3) is 0 Å². The zero-order valence-corrected chi connectivity index (χ0v) is 14.6. The van der Waals surface area contributed by atoms with Crippen molar-refractivity contribution in [1.82, 2.24) is 14.8 Å².